The maximum Gasteiger partial charge on any atom is 0.213 e. The molecule has 4 nitrogen and oxygen atoms in total. The smallest absolute Gasteiger partial charge is 0.213 e. The highest BCUT2D eigenvalue weighted by atomic mass is 32.1. The minimum absolute atomic E-state index is 0.127. The van der Waals surface area contributed by atoms with Gasteiger partial charge in [0.1, 0.15) is 5.69 Å². The third-order valence-corrected chi connectivity index (χ3v) is 2.29. The molecule has 0 unspecified atom stereocenters. The van der Waals surface area contributed by atoms with E-state index in [1.54, 1.807) is 0 Å². The van der Waals surface area contributed by atoms with Crippen molar-refractivity contribution in [1.29, 1.82) is 0 Å². The molecule has 0 amide bonds. The predicted octanol–water partition coefficient (Wildman–Crippen LogP) is 1.68. The summed E-state index contributed by atoms with van der Waals surface area (Å²) in [4.78, 5) is 0. The Balaban J connectivity index is 3.54. The maximum absolute atomic E-state index is 5.62. The number of nitrogens with one attached hydrogen (secondary N) is 1. The number of hydrogen-bond acceptors (Lipinski definition) is 4. The van der Waals surface area contributed by atoms with Crippen LogP contribution < -0.4 is 5.84 Å². The lowest BCUT2D eigenvalue weighted by Crippen LogP contribution is -2.22. The van der Waals surface area contributed by atoms with Gasteiger partial charge in [0.05, 0.1) is 0 Å². The Labute approximate surface area is 86.8 Å². The van der Waals surface area contributed by atoms with Crippen molar-refractivity contribution in [2.45, 2.75) is 26.2 Å². The van der Waals surface area contributed by atoms with Crippen molar-refractivity contribution in [3.8, 4) is 0 Å². The first-order chi connectivity index (χ1) is 5.84. The number of H-pyrrole nitrogens is 1. The molecule has 72 valence electrons. The van der Waals surface area contributed by atoms with Crippen LogP contribution in [-0.2, 0) is 5.41 Å². The van der Waals surface area contributed by atoms with Gasteiger partial charge < -0.3 is 5.84 Å². The molecule has 0 aliphatic rings. The van der Waals surface area contributed by atoms with Crippen LogP contribution in [-0.4, -0.2) is 14.9 Å². The standard InChI is InChI=1S/C7H12N4S2/c1-7(2,3)4-5(12)11(8)6(13)10-9-4/h8H2,1-3H3,(H,10,13). The van der Waals surface area contributed by atoms with Crippen LogP contribution in [0.5, 0.6) is 0 Å². The molecule has 1 rings (SSSR count). The minimum Gasteiger partial charge on any atom is -0.336 e. The van der Waals surface area contributed by atoms with Crippen molar-refractivity contribution >= 4 is 24.4 Å². The fourth-order valence-corrected chi connectivity index (χ4v) is 1.54. The third kappa shape index (κ3) is 1.94. The second kappa shape index (κ2) is 3.19. The summed E-state index contributed by atoms with van der Waals surface area (Å²) in [5.41, 5.74) is 0.621. The Hall–Kier alpha value is -0.750. The molecule has 0 bridgehead atoms. The fourth-order valence-electron chi connectivity index (χ4n) is 0.900. The third-order valence-electron chi connectivity index (χ3n) is 1.61. The van der Waals surface area contributed by atoms with Crippen LogP contribution in [0.15, 0.2) is 0 Å². The summed E-state index contributed by atoms with van der Waals surface area (Å²) in [6.45, 7) is 6.05. The van der Waals surface area contributed by atoms with Gasteiger partial charge >= 0.3 is 0 Å². The molecule has 1 aromatic heterocycles. The Morgan fingerprint density at radius 1 is 1.38 bits per heavy atom. The molecule has 3 N–H and O–H groups in total. The number of nitrogens with two attached hydrogens (primary N) is 1. The predicted molar refractivity (Wildman–Crippen MR) is 57.1 cm³/mol. The summed E-state index contributed by atoms with van der Waals surface area (Å²) in [6, 6.07) is 0. The Bertz CT molecular complexity index is 423. The zero-order valence-corrected chi connectivity index (χ0v) is 9.42. The van der Waals surface area contributed by atoms with E-state index in [0.717, 1.165) is 5.69 Å². The molecule has 6 heteroatoms. The summed E-state index contributed by atoms with van der Waals surface area (Å²) in [5.74, 6) is 5.62. The normalized spacial score (nSPS) is 11.6. The van der Waals surface area contributed by atoms with Gasteiger partial charge in [-0.25, -0.2) is 4.68 Å². The highest BCUT2D eigenvalue weighted by Crippen LogP contribution is 2.19. The molecule has 0 aromatic carbocycles. The molecule has 0 aliphatic carbocycles. The Kier molecular flexibility index (Phi) is 2.53. The Morgan fingerprint density at radius 2 is 1.92 bits per heavy atom. The first-order valence-electron chi connectivity index (χ1n) is 3.81. The van der Waals surface area contributed by atoms with Gasteiger partial charge in [0.2, 0.25) is 4.77 Å². The van der Waals surface area contributed by atoms with Crippen LogP contribution in [0.3, 0.4) is 0 Å². The van der Waals surface area contributed by atoms with Gasteiger partial charge in [0, 0.05) is 5.41 Å². The van der Waals surface area contributed by atoms with Crippen molar-refractivity contribution in [2.24, 2.45) is 0 Å². The second-order valence-corrected chi connectivity index (χ2v) is 4.58. The van der Waals surface area contributed by atoms with E-state index in [1.165, 1.54) is 4.68 Å². The van der Waals surface area contributed by atoms with E-state index in [1.807, 2.05) is 20.8 Å². The highest BCUT2D eigenvalue weighted by Gasteiger charge is 2.18. The van der Waals surface area contributed by atoms with Crippen LogP contribution in [0.4, 0.5) is 0 Å². The summed E-state index contributed by atoms with van der Waals surface area (Å²) in [5, 5.41) is 6.73. The van der Waals surface area contributed by atoms with Gasteiger partial charge in [-0.2, -0.15) is 5.10 Å². The van der Waals surface area contributed by atoms with Crippen LogP contribution in [0.1, 0.15) is 26.5 Å². The molecule has 0 radical (unpaired) electrons. The molecule has 0 atom stereocenters. The largest absolute Gasteiger partial charge is 0.336 e. The fraction of sp³-hybridized carbons (Fsp3) is 0.571. The number of nitrogen functional groups attached to an aromatic ring is 1. The molecule has 13 heavy (non-hydrogen) atoms. The second-order valence-electron chi connectivity index (χ2n) is 3.80. The van der Waals surface area contributed by atoms with Crippen molar-refractivity contribution in [1.82, 2.24) is 14.9 Å². The summed E-state index contributed by atoms with van der Waals surface area (Å²) in [7, 11) is 0. The zero-order valence-electron chi connectivity index (χ0n) is 7.79. The topological polar surface area (TPSA) is 59.6 Å². The Morgan fingerprint density at radius 3 is 2.38 bits per heavy atom. The van der Waals surface area contributed by atoms with E-state index in [4.69, 9.17) is 30.3 Å². The molecule has 1 aromatic rings. The molecule has 0 fully saturated rings. The quantitative estimate of drug-likeness (QED) is 0.512. The van der Waals surface area contributed by atoms with E-state index in [9.17, 15) is 0 Å². The van der Waals surface area contributed by atoms with Crippen LogP contribution in [0.2, 0.25) is 0 Å². The number of aromatic nitrogens is 3. The van der Waals surface area contributed by atoms with E-state index in [2.05, 4.69) is 10.2 Å². The molecule has 0 saturated heterocycles. The minimum atomic E-state index is -0.127. The number of aromatic amines is 1. The van der Waals surface area contributed by atoms with Crippen LogP contribution in [0, 0.1) is 9.41 Å². The first kappa shape index (κ1) is 10.3. The molecule has 0 saturated carbocycles. The zero-order chi connectivity index (χ0) is 10.2. The van der Waals surface area contributed by atoms with E-state index >= 15 is 0 Å². The van der Waals surface area contributed by atoms with E-state index in [0.29, 0.717) is 9.41 Å². The molecule has 0 aliphatic heterocycles. The summed E-state index contributed by atoms with van der Waals surface area (Å²) in [6.07, 6.45) is 0. The van der Waals surface area contributed by atoms with E-state index < -0.39 is 0 Å². The van der Waals surface area contributed by atoms with Gasteiger partial charge in [0.15, 0.2) is 4.64 Å². The number of nitrogens with zero attached hydrogens (tertiary/aromatic N) is 2. The van der Waals surface area contributed by atoms with Gasteiger partial charge in [-0.15, -0.1) is 0 Å². The lowest BCUT2D eigenvalue weighted by atomic mass is 9.93. The SMILES string of the molecule is CC(C)(C)c1n[nH]c(=S)n(N)c1=S. The molecule has 1 heterocycles. The lowest BCUT2D eigenvalue weighted by Gasteiger charge is -2.17. The van der Waals surface area contributed by atoms with Crippen molar-refractivity contribution in [2.75, 3.05) is 5.84 Å². The van der Waals surface area contributed by atoms with Crippen LogP contribution in [0.25, 0.3) is 0 Å². The van der Waals surface area contributed by atoms with Gasteiger partial charge in [0.25, 0.3) is 0 Å². The average molecular weight is 216 g/mol. The first-order valence-corrected chi connectivity index (χ1v) is 4.63. The maximum atomic E-state index is 5.62. The number of rotatable bonds is 0. The monoisotopic (exact) mass is 216 g/mol. The molecular weight excluding hydrogens is 204 g/mol. The van der Waals surface area contributed by atoms with Crippen LogP contribution >= 0.6 is 24.4 Å². The summed E-state index contributed by atoms with van der Waals surface area (Å²) >= 11 is 9.99. The van der Waals surface area contributed by atoms with Crippen molar-refractivity contribution in [3.63, 3.8) is 0 Å². The molecule has 0 spiro atoms. The molecular formula is C7H12N4S2. The van der Waals surface area contributed by atoms with E-state index in [-0.39, 0.29) is 5.41 Å². The van der Waals surface area contributed by atoms with Crippen molar-refractivity contribution in [3.05, 3.63) is 15.1 Å². The lowest BCUT2D eigenvalue weighted by molar-refractivity contribution is 0.541. The average Bonchev–Trinajstić information content (AvgIpc) is 1.98. The highest BCUT2D eigenvalue weighted by molar-refractivity contribution is 7.72. The summed E-state index contributed by atoms with van der Waals surface area (Å²) < 4.78 is 2.08. The van der Waals surface area contributed by atoms with Gasteiger partial charge in [-0.3, -0.25) is 5.10 Å². The van der Waals surface area contributed by atoms with Gasteiger partial charge in [-0.05, 0) is 12.2 Å². The van der Waals surface area contributed by atoms with Gasteiger partial charge in [-0.1, -0.05) is 33.0 Å². The van der Waals surface area contributed by atoms with Crippen molar-refractivity contribution < 1.29 is 0 Å². The number of hydrogen-bond donors (Lipinski definition) is 2.